The lowest BCUT2D eigenvalue weighted by atomic mass is 11.8. The summed E-state index contributed by atoms with van der Waals surface area (Å²) < 4.78 is 5.90. The van der Waals surface area contributed by atoms with E-state index in [9.17, 15) is 0 Å². The molecule has 0 saturated heterocycles. The highest BCUT2D eigenvalue weighted by Gasteiger charge is 2.24. The van der Waals surface area contributed by atoms with Gasteiger partial charge in [0.25, 0.3) is 0 Å². The molecule has 0 heterocycles. The molecule has 0 atom stereocenters. The molecule has 4 nitrogen and oxygen atoms in total. The van der Waals surface area contributed by atoms with Crippen LogP contribution in [-0.4, -0.2) is 63.4 Å². The minimum Gasteiger partial charge on any atom is -0.456 e. The molecule has 0 aliphatic carbocycles. The largest absolute Gasteiger partial charge is 0.456 e. The normalized spacial score (nSPS) is 12.6. The first-order valence-electron chi connectivity index (χ1n) is 10.3. The van der Waals surface area contributed by atoms with Crippen LogP contribution in [0, 0.1) is 0 Å². The summed E-state index contributed by atoms with van der Waals surface area (Å²) in [7, 11) is -8.43. The van der Waals surface area contributed by atoms with E-state index in [1.807, 2.05) is 58.9 Å². The van der Waals surface area contributed by atoms with Crippen LogP contribution in [0.2, 0.25) is 118 Å². The van der Waals surface area contributed by atoms with Crippen LogP contribution >= 0.6 is 11.1 Å². The standard InChI is InChI=1S/C6H18OSi2.C3H9ClSi.3C3H10OSi/c1-8(2,3)7-9(4,5)6;4*1-5(2,3)4/h1-6H3;1-3H3;3*4H,1-3H3. The topological polar surface area (TPSA) is 69.9 Å². The van der Waals surface area contributed by atoms with Gasteiger partial charge >= 0.3 is 0 Å². The number of rotatable bonds is 2. The van der Waals surface area contributed by atoms with Crippen molar-refractivity contribution < 1.29 is 18.5 Å². The molecule has 0 spiro atoms. The lowest BCUT2D eigenvalue weighted by molar-refractivity contribution is 0.558. The van der Waals surface area contributed by atoms with Crippen LogP contribution in [-0.2, 0) is 4.12 Å². The van der Waals surface area contributed by atoms with E-state index in [-0.39, 0.29) is 0 Å². The maximum Gasteiger partial charge on any atom is 0.179 e. The summed E-state index contributed by atoms with van der Waals surface area (Å²) in [5.41, 5.74) is 0. The zero-order valence-corrected chi connectivity index (χ0v) is 29.9. The first-order chi connectivity index (χ1) is 11.7. The van der Waals surface area contributed by atoms with Crippen molar-refractivity contribution in [3.05, 3.63) is 0 Å². The Morgan fingerprint density at radius 2 is 0.483 bits per heavy atom. The van der Waals surface area contributed by atoms with E-state index in [2.05, 4.69) is 58.9 Å². The summed E-state index contributed by atoms with van der Waals surface area (Å²) in [6.45, 7) is 36.7. The number of hydrogen-bond donors (Lipinski definition) is 3. The van der Waals surface area contributed by atoms with Gasteiger partial charge in [-0.25, -0.2) is 0 Å². The van der Waals surface area contributed by atoms with E-state index in [1.54, 1.807) is 0 Å². The van der Waals surface area contributed by atoms with Gasteiger partial charge < -0.3 is 18.5 Å². The van der Waals surface area contributed by atoms with Crippen LogP contribution in [0.25, 0.3) is 0 Å². The van der Waals surface area contributed by atoms with Gasteiger partial charge in [-0.05, 0) is 98.2 Å². The quantitative estimate of drug-likeness (QED) is 0.256. The van der Waals surface area contributed by atoms with Crippen molar-refractivity contribution in [1.82, 2.24) is 0 Å². The van der Waals surface area contributed by atoms with Gasteiger partial charge in [0, 0.05) is 0 Å². The van der Waals surface area contributed by atoms with E-state index in [0.29, 0.717) is 0 Å². The van der Waals surface area contributed by atoms with Crippen molar-refractivity contribution in [2.45, 2.75) is 118 Å². The van der Waals surface area contributed by atoms with Crippen molar-refractivity contribution in [1.29, 1.82) is 0 Å². The second kappa shape index (κ2) is 16.1. The van der Waals surface area contributed by atoms with Crippen LogP contribution in [0.5, 0.6) is 0 Å². The SMILES string of the molecule is C[Si](C)(C)Cl.C[Si](C)(C)O.C[Si](C)(C)O.C[Si](C)(C)O.C[Si](C)(C)O[Si](C)(C)C. The fraction of sp³-hybridized carbons (Fsp3) is 1.00. The summed E-state index contributed by atoms with van der Waals surface area (Å²) in [6, 6.07) is 0. The third-order valence-corrected chi connectivity index (χ3v) is 5.51. The number of hydrogen-bond acceptors (Lipinski definition) is 4. The summed E-state index contributed by atoms with van der Waals surface area (Å²) in [6.07, 6.45) is 0. The van der Waals surface area contributed by atoms with Crippen LogP contribution in [0.15, 0.2) is 0 Å². The van der Waals surface area contributed by atoms with Gasteiger partial charge in [0.1, 0.15) is 7.38 Å². The predicted octanol–water partition coefficient (Wildman–Crippen LogP) is 7.17. The minimum absolute atomic E-state index is 1.14. The van der Waals surface area contributed by atoms with Gasteiger partial charge in [-0.15, -0.1) is 0 Å². The second-order valence-corrected chi connectivity index (χ2v) is 42.7. The average molecular weight is 542 g/mol. The van der Waals surface area contributed by atoms with E-state index >= 15 is 0 Å². The van der Waals surface area contributed by atoms with Crippen LogP contribution in [0.4, 0.5) is 0 Å². The van der Waals surface area contributed by atoms with Gasteiger partial charge in [0.05, 0.1) is 0 Å². The maximum atomic E-state index is 8.66. The van der Waals surface area contributed by atoms with Crippen LogP contribution < -0.4 is 0 Å². The molecule has 0 amide bonds. The summed E-state index contributed by atoms with van der Waals surface area (Å²) >= 11 is 5.67. The first-order valence-corrected chi connectivity index (χ1v) is 31.9. The Labute approximate surface area is 195 Å². The molecule has 0 unspecified atom stereocenters. The predicted molar refractivity (Wildman–Crippen MR) is 154 cm³/mol. The highest BCUT2D eigenvalue weighted by atomic mass is 35.6. The molecule has 0 rings (SSSR count). The summed E-state index contributed by atoms with van der Waals surface area (Å²) in [5, 5.41) is 0. The van der Waals surface area contributed by atoms with Crippen LogP contribution in [0.3, 0.4) is 0 Å². The van der Waals surface area contributed by atoms with Gasteiger partial charge in [-0.2, -0.15) is 11.1 Å². The van der Waals surface area contributed by atoms with Crippen LogP contribution in [0.1, 0.15) is 0 Å². The Balaban J connectivity index is -0.0000000853. The van der Waals surface area contributed by atoms with E-state index < -0.39 is 49.0 Å². The number of halogens is 1. The molecule has 0 aliphatic rings. The zero-order valence-electron chi connectivity index (χ0n) is 23.1. The Bertz CT molecular complexity index is 287. The molecule has 0 bridgehead atoms. The van der Waals surface area contributed by atoms with Gasteiger partial charge in [0.15, 0.2) is 41.6 Å². The maximum absolute atomic E-state index is 8.66. The molecule has 184 valence electrons. The molecule has 0 fully saturated rings. The molecule has 0 aromatic heterocycles. The van der Waals surface area contributed by atoms with Gasteiger partial charge in [0.2, 0.25) is 0 Å². The monoisotopic (exact) mass is 540 g/mol. The minimum atomic E-state index is -1.61. The molecule has 3 N–H and O–H groups in total. The van der Waals surface area contributed by atoms with E-state index in [4.69, 9.17) is 29.6 Å². The molecule has 0 aromatic rings. The highest BCUT2D eigenvalue weighted by molar-refractivity contribution is 7.18. The van der Waals surface area contributed by atoms with Crippen molar-refractivity contribution >= 4 is 60.0 Å². The van der Waals surface area contributed by atoms with Crippen molar-refractivity contribution in [2.24, 2.45) is 0 Å². The molecular formula is C18H57ClO4Si6. The molecule has 0 aromatic carbocycles. The van der Waals surface area contributed by atoms with Crippen molar-refractivity contribution in [2.75, 3.05) is 0 Å². The lowest BCUT2D eigenvalue weighted by Gasteiger charge is -2.27. The molecule has 11 heteroatoms. The summed E-state index contributed by atoms with van der Waals surface area (Å²) in [4.78, 5) is 26.0. The summed E-state index contributed by atoms with van der Waals surface area (Å²) in [5.74, 6) is 0. The fourth-order valence-electron chi connectivity index (χ4n) is 0.919. The molecular weight excluding hydrogens is 484 g/mol. The Hall–Kier alpha value is 1.43. The zero-order chi connectivity index (χ0) is 25.7. The molecule has 29 heavy (non-hydrogen) atoms. The Kier molecular flexibility index (Phi) is 22.6. The van der Waals surface area contributed by atoms with Crippen molar-refractivity contribution in [3.8, 4) is 0 Å². The Morgan fingerprint density at radius 1 is 0.414 bits per heavy atom. The highest BCUT2D eigenvalue weighted by Crippen LogP contribution is 2.12. The van der Waals surface area contributed by atoms with Gasteiger partial charge in [-0.3, -0.25) is 0 Å². The Morgan fingerprint density at radius 3 is 0.483 bits per heavy atom. The smallest absolute Gasteiger partial charge is 0.179 e. The van der Waals surface area contributed by atoms with Gasteiger partial charge in [-0.1, -0.05) is 19.6 Å². The van der Waals surface area contributed by atoms with E-state index in [1.165, 1.54) is 0 Å². The lowest BCUT2D eigenvalue weighted by Crippen LogP contribution is -2.39. The van der Waals surface area contributed by atoms with Crippen molar-refractivity contribution in [3.63, 3.8) is 0 Å². The average Bonchev–Trinajstić information content (AvgIpc) is 1.94. The third-order valence-electron chi connectivity index (χ3n) is 0.612. The first kappa shape index (κ1) is 40.8. The van der Waals surface area contributed by atoms with E-state index in [0.717, 1.165) is 0 Å². The molecule has 0 aliphatic heterocycles. The molecule has 0 radical (unpaired) electrons. The second-order valence-electron chi connectivity index (χ2n) is 12.9. The third kappa shape index (κ3) is 401. The molecule has 0 saturated carbocycles. The fourth-order valence-corrected chi connectivity index (χ4v) is 8.27.